The molecule has 0 saturated carbocycles. The lowest BCUT2D eigenvalue weighted by Gasteiger charge is -2.38. The number of anilines is 1. The van der Waals surface area contributed by atoms with Crippen molar-refractivity contribution in [3.63, 3.8) is 0 Å². The van der Waals surface area contributed by atoms with Crippen molar-refractivity contribution in [3.8, 4) is 0 Å². The lowest BCUT2D eigenvalue weighted by atomic mass is 10.1. The van der Waals surface area contributed by atoms with Crippen LogP contribution < -0.4 is 11.5 Å². The van der Waals surface area contributed by atoms with Crippen molar-refractivity contribution in [1.82, 2.24) is 9.21 Å². The second-order valence-corrected chi connectivity index (χ2v) is 11.6. The van der Waals surface area contributed by atoms with Gasteiger partial charge in [0.1, 0.15) is 0 Å². The standard InChI is InChI=1S/C20H37N4O5PS/c1-3-28-30(25,29-4-2)17-16-23-14-10-19(11-15-23)24(13-5-12-21)31(26,27)20-8-6-18(22)7-9-20/h6-9,19H,3-5,10-17,21-22H2,1-2H3. The number of hydrogen-bond acceptors (Lipinski definition) is 8. The van der Waals surface area contributed by atoms with E-state index in [1.165, 1.54) is 0 Å². The van der Waals surface area contributed by atoms with Crippen molar-refractivity contribution >= 4 is 23.3 Å². The summed E-state index contributed by atoms with van der Waals surface area (Å²) < 4.78 is 51.6. The molecule has 0 aromatic heterocycles. The summed E-state index contributed by atoms with van der Waals surface area (Å²) in [5.41, 5.74) is 11.9. The second-order valence-electron chi connectivity index (χ2n) is 7.57. The maximum Gasteiger partial charge on any atom is 0.331 e. The smallest absolute Gasteiger partial charge is 0.331 e. The molecule has 0 unspecified atom stereocenters. The molecule has 0 bridgehead atoms. The molecule has 1 aromatic carbocycles. The Morgan fingerprint density at radius 1 is 1.13 bits per heavy atom. The van der Waals surface area contributed by atoms with Crippen LogP contribution in [0.25, 0.3) is 0 Å². The van der Waals surface area contributed by atoms with Crippen LogP contribution in [-0.4, -0.2) is 75.8 Å². The fourth-order valence-corrected chi connectivity index (χ4v) is 7.15. The molecule has 31 heavy (non-hydrogen) atoms. The molecule has 1 fully saturated rings. The summed E-state index contributed by atoms with van der Waals surface area (Å²) >= 11 is 0. The first kappa shape index (κ1) is 26.3. The fraction of sp³-hybridized carbons (Fsp3) is 0.700. The number of nitrogens with two attached hydrogens (primary N) is 2. The predicted octanol–water partition coefficient (Wildman–Crippen LogP) is 2.34. The van der Waals surface area contributed by atoms with Gasteiger partial charge in [-0.3, -0.25) is 4.57 Å². The number of nitrogens with zero attached hydrogens (tertiary/aromatic N) is 2. The van der Waals surface area contributed by atoms with Crippen molar-refractivity contribution in [2.75, 3.05) is 57.8 Å². The molecule has 178 valence electrons. The van der Waals surface area contributed by atoms with Crippen LogP contribution in [0.5, 0.6) is 0 Å². The van der Waals surface area contributed by atoms with E-state index in [4.69, 9.17) is 20.5 Å². The monoisotopic (exact) mass is 476 g/mol. The minimum absolute atomic E-state index is 0.101. The molecule has 1 aliphatic heterocycles. The van der Waals surface area contributed by atoms with Gasteiger partial charge in [0.2, 0.25) is 10.0 Å². The SMILES string of the molecule is CCOP(=O)(CCN1CCC(N(CCCN)S(=O)(=O)c2ccc(N)cc2)CC1)OCC. The average molecular weight is 477 g/mol. The molecule has 1 aliphatic rings. The summed E-state index contributed by atoms with van der Waals surface area (Å²) in [6.07, 6.45) is 2.33. The first-order valence-corrected chi connectivity index (χ1v) is 14.1. The summed E-state index contributed by atoms with van der Waals surface area (Å²) in [6.45, 7) is 7.14. The lowest BCUT2D eigenvalue weighted by molar-refractivity contribution is 0.159. The minimum atomic E-state index is -3.64. The van der Waals surface area contributed by atoms with E-state index >= 15 is 0 Å². The number of likely N-dealkylation sites (tertiary alicyclic amines) is 1. The Labute approximate surface area is 186 Å². The molecule has 11 heteroatoms. The Hall–Kier alpha value is -1.00. The molecule has 1 saturated heterocycles. The van der Waals surface area contributed by atoms with Gasteiger partial charge in [0.15, 0.2) is 0 Å². The van der Waals surface area contributed by atoms with Gasteiger partial charge in [-0.15, -0.1) is 0 Å². The maximum absolute atomic E-state index is 13.3. The third-order valence-electron chi connectivity index (χ3n) is 5.38. The normalized spacial score (nSPS) is 16.8. The van der Waals surface area contributed by atoms with Crippen LogP contribution in [0.4, 0.5) is 5.69 Å². The van der Waals surface area contributed by atoms with Gasteiger partial charge in [0, 0.05) is 24.8 Å². The van der Waals surface area contributed by atoms with Crippen molar-refractivity contribution < 1.29 is 22.0 Å². The van der Waals surface area contributed by atoms with Crippen molar-refractivity contribution in [3.05, 3.63) is 24.3 Å². The van der Waals surface area contributed by atoms with Crippen molar-refractivity contribution in [1.29, 1.82) is 0 Å². The number of piperidine rings is 1. The molecule has 0 radical (unpaired) electrons. The van der Waals surface area contributed by atoms with E-state index < -0.39 is 17.6 Å². The van der Waals surface area contributed by atoms with Gasteiger partial charge in [0.05, 0.1) is 24.3 Å². The molecule has 1 aromatic rings. The summed E-state index contributed by atoms with van der Waals surface area (Å²) in [5, 5.41) is 0. The molecule has 9 nitrogen and oxygen atoms in total. The highest BCUT2D eigenvalue weighted by molar-refractivity contribution is 7.89. The number of rotatable bonds is 13. The topological polar surface area (TPSA) is 128 Å². The third kappa shape index (κ3) is 7.53. The van der Waals surface area contributed by atoms with Crippen LogP contribution in [0.3, 0.4) is 0 Å². The molecule has 2 rings (SSSR count). The number of nitrogen functional groups attached to an aromatic ring is 1. The zero-order chi connectivity index (χ0) is 22.9. The third-order valence-corrected chi connectivity index (χ3v) is 9.39. The van der Waals surface area contributed by atoms with Crippen molar-refractivity contribution in [2.24, 2.45) is 5.73 Å². The summed E-state index contributed by atoms with van der Waals surface area (Å²) in [5.74, 6) is 0. The fourth-order valence-electron chi connectivity index (χ4n) is 3.78. The van der Waals surface area contributed by atoms with E-state index in [-0.39, 0.29) is 10.9 Å². The van der Waals surface area contributed by atoms with E-state index in [2.05, 4.69) is 4.90 Å². The molecule has 4 N–H and O–H groups in total. The van der Waals surface area contributed by atoms with Gasteiger partial charge in [-0.05, 0) is 77.0 Å². The molecule has 0 amide bonds. The van der Waals surface area contributed by atoms with Crippen LogP contribution in [-0.2, 0) is 23.6 Å². The highest BCUT2D eigenvalue weighted by Crippen LogP contribution is 2.47. The van der Waals surface area contributed by atoms with Crippen LogP contribution in [0.2, 0.25) is 0 Å². The zero-order valence-electron chi connectivity index (χ0n) is 18.6. The average Bonchev–Trinajstić information content (AvgIpc) is 2.74. The van der Waals surface area contributed by atoms with E-state index in [9.17, 15) is 13.0 Å². The van der Waals surface area contributed by atoms with Crippen molar-refractivity contribution in [2.45, 2.75) is 44.0 Å². The van der Waals surface area contributed by atoms with Crippen LogP contribution in [0, 0.1) is 0 Å². The van der Waals surface area contributed by atoms with Gasteiger partial charge < -0.3 is 25.4 Å². The Kier molecular flexibility index (Phi) is 10.4. The Bertz CT molecular complexity index is 803. The molecule has 0 atom stereocenters. The highest BCUT2D eigenvalue weighted by atomic mass is 32.2. The molecule has 0 aliphatic carbocycles. The molecule has 0 spiro atoms. The Morgan fingerprint density at radius 2 is 1.71 bits per heavy atom. The lowest BCUT2D eigenvalue weighted by Crippen LogP contribution is -2.48. The Morgan fingerprint density at radius 3 is 2.23 bits per heavy atom. The maximum atomic E-state index is 13.3. The molecule has 1 heterocycles. The van der Waals surface area contributed by atoms with Gasteiger partial charge in [0.25, 0.3) is 0 Å². The minimum Gasteiger partial charge on any atom is -0.399 e. The van der Waals surface area contributed by atoms with E-state index in [0.717, 1.165) is 13.1 Å². The van der Waals surface area contributed by atoms with Gasteiger partial charge >= 0.3 is 7.60 Å². The summed E-state index contributed by atoms with van der Waals surface area (Å²) in [4.78, 5) is 2.44. The highest BCUT2D eigenvalue weighted by Gasteiger charge is 2.34. The quantitative estimate of drug-likeness (QED) is 0.328. The van der Waals surface area contributed by atoms with Crippen LogP contribution in [0.15, 0.2) is 29.2 Å². The largest absolute Gasteiger partial charge is 0.399 e. The van der Waals surface area contributed by atoms with Gasteiger partial charge in [-0.2, -0.15) is 4.31 Å². The molecular weight excluding hydrogens is 439 g/mol. The number of hydrogen-bond donors (Lipinski definition) is 2. The van der Waals surface area contributed by atoms with E-state index in [1.807, 2.05) is 0 Å². The number of benzene rings is 1. The summed E-state index contributed by atoms with van der Waals surface area (Å²) in [7, 11) is -6.72. The zero-order valence-corrected chi connectivity index (χ0v) is 20.3. The van der Waals surface area contributed by atoms with Gasteiger partial charge in [-0.25, -0.2) is 8.42 Å². The Balaban J connectivity index is 2.02. The number of sulfonamides is 1. The van der Waals surface area contributed by atoms with E-state index in [0.29, 0.717) is 64.0 Å². The second kappa shape index (κ2) is 12.3. The van der Waals surface area contributed by atoms with Gasteiger partial charge in [-0.1, -0.05) is 0 Å². The van der Waals surface area contributed by atoms with Crippen LogP contribution in [0.1, 0.15) is 33.1 Å². The first-order chi connectivity index (χ1) is 14.8. The van der Waals surface area contributed by atoms with Crippen LogP contribution >= 0.6 is 7.60 Å². The summed E-state index contributed by atoms with van der Waals surface area (Å²) in [6, 6.07) is 6.20. The molecular formula is C20H37N4O5PS. The predicted molar refractivity (Wildman–Crippen MR) is 124 cm³/mol. The van der Waals surface area contributed by atoms with E-state index in [1.54, 1.807) is 42.4 Å². The first-order valence-electron chi connectivity index (χ1n) is 10.9.